The number of amides is 1. The van der Waals surface area contributed by atoms with Gasteiger partial charge in [-0.2, -0.15) is 5.21 Å². The molecule has 1 amide bonds. The van der Waals surface area contributed by atoms with E-state index >= 15 is 0 Å². The van der Waals surface area contributed by atoms with Crippen LogP contribution in [0.3, 0.4) is 0 Å². The summed E-state index contributed by atoms with van der Waals surface area (Å²) >= 11 is 0. The number of H-pyrrole nitrogens is 1. The number of aromatic amines is 1. The summed E-state index contributed by atoms with van der Waals surface area (Å²) in [5, 5.41) is 24.2. The fourth-order valence-electron chi connectivity index (χ4n) is 5.91. The second kappa shape index (κ2) is 11.1. The third-order valence-electron chi connectivity index (χ3n) is 8.16. The Balaban J connectivity index is 1.30. The fraction of sp³-hybridized carbons (Fsp3) is 0.344. The topological polar surface area (TPSA) is 107 Å². The van der Waals surface area contributed by atoms with Gasteiger partial charge < -0.3 is 5.11 Å². The Bertz CT molecular complexity index is 1500. The average Bonchev–Trinajstić information content (AvgIpc) is 3.76. The van der Waals surface area contributed by atoms with Gasteiger partial charge in [0.25, 0.3) is 5.91 Å². The maximum absolute atomic E-state index is 13.6. The van der Waals surface area contributed by atoms with E-state index in [9.17, 15) is 9.90 Å². The summed E-state index contributed by atoms with van der Waals surface area (Å²) in [4.78, 5) is 20.5. The summed E-state index contributed by atoms with van der Waals surface area (Å²) in [6.45, 7) is 2.73. The van der Waals surface area contributed by atoms with Crippen molar-refractivity contribution >= 4 is 11.7 Å². The summed E-state index contributed by atoms with van der Waals surface area (Å²) in [6, 6.07) is 22.5. The number of nitrogens with one attached hydrogen (secondary N) is 1. The molecule has 204 valence electrons. The predicted molar refractivity (Wildman–Crippen MR) is 155 cm³/mol. The maximum atomic E-state index is 13.6. The number of unbranched alkanes of at least 4 members (excludes halogenated alkanes) is 1. The number of benzene rings is 3. The van der Waals surface area contributed by atoms with Crippen molar-refractivity contribution < 1.29 is 9.90 Å². The predicted octanol–water partition coefficient (Wildman–Crippen LogP) is 5.94. The lowest BCUT2D eigenvalue weighted by Crippen LogP contribution is -2.40. The van der Waals surface area contributed by atoms with Crippen molar-refractivity contribution in [1.82, 2.24) is 25.5 Å². The van der Waals surface area contributed by atoms with Crippen LogP contribution >= 0.6 is 0 Å². The quantitative estimate of drug-likeness (QED) is 0.276. The minimum absolute atomic E-state index is 0.0185. The SMILES string of the molecule is CCCCC1=NC2(CCCC2)C(=O)N1Cc1ccc(-c2cc(-c3ccc(CO)cc3)ccc2-c2nn[nH]n2)cc1. The third kappa shape index (κ3) is 4.95. The molecule has 1 aromatic heterocycles. The van der Waals surface area contributed by atoms with E-state index in [0.29, 0.717) is 12.4 Å². The number of aliphatic hydroxyl groups is 1. The van der Waals surface area contributed by atoms with Crippen LogP contribution in [0.5, 0.6) is 0 Å². The zero-order chi connectivity index (χ0) is 27.5. The number of rotatable bonds is 9. The lowest BCUT2D eigenvalue weighted by atomic mass is 9.93. The molecule has 40 heavy (non-hydrogen) atoms. The second-order valence-electron chi connectivity index (χ2n) is 10.8. The largest absolute Gasteiger partial charge is 0.392 e. The number of hydrogen-bond donors (Lipinski definition) is 2. The monoisotopic (exact) mass is 534 g/mol. The highest BCUT2D eigenvalue weighted by atomic mass is 16.3. The van der Waals surface area contributed by atoms with Crippen LogP contribution in [-0.4, -0.2) is 47.9 Å². The van der Waals surface area contributed by atoms with Gasteiger partial charge in [0.15, 0.2) is 0 Å². The van der Waals surface area contributed by atoms with Gasteiger partial charge in [-0.05, 0) is 70.0 Å². The highest BCUT2D eigenvalue weighted by Gasteiger charge is 2.49. The van der Waals surface area contributed by atoms with Crippen LogP contribution in [0.1, 0.15) is 63.0 Å². The summed E-state index contributed by atoms with van der Waals surface area (Å²) in [6.07, 6.45) is 6.86. The number of hydrogen-bond acceptors (Lipinski definition) is 6. The lowest BCUT2D eigenvalue weighted by Gasteiger charge is -2.23. The highest BCUT2D eigenvalue weighted by molar-refractivity contribution is 6.08. The number of amidine groups is 1. The van der Waals surface area contributed by atoms with E-state index in [1.807, 2.05) is 41.3 Å². The number of carbonyl (C=O) groups excluding carboxylic acids is 1. The Morgan fingerprint density at radius 2 is 1.60 bits per heavy atom. The number of tetrazole rings is 1. The van der Waals surface area contributed by atoms with Crippen molar-refractivity contribution in [2.45, 2.75) is 70.6 Å². The Morgan fingerprint density at radius 3 is 2.27 bits per heavy atom. The molecule has 0 unspecified atom stereocenters. The highest BCUT2D eigenvalue weighted by Crippen LogP contribution is 2.40. The zero-order valence-electron chi connectivity index (χ0n) is 22.8. The van der Waals surface area contributed by atoms with Crippen LogP contribution in [0.2, 0.25) is 0 Å². The first-order valence-corrected chi connectivity index (χ1v) is 14.2. The Kier molecular flexibility index (Phi) is 7.26. The van der Waals surface area contributed by atoms with Gasteiger partial charge in [0.2, 0.25) is 5.82 Å². The Labute approximate surface area is 234 Å². The summed E-state index contributed by atoms with van der Waals surface area (Å²) in [5.74, 6) is 1.67. The Morgan fingerprint density at radius 1 is 0.900 bits per heavy atom. The molecule has 3 aromatic carbocycles. The third-order valence-corrected chi connectivity index (χ3v) is 8.16. The second-order valence-corrected chi connectivity index (χ2v) is 10.8. The van der Waals surface area contributed by atoms with Crippen LogP contribution in [-0.2, 0) is 17.9 Å². The van der Waals surface area contributed by atoms with E-state index in [1.165, 1.54) is 0 Å². The lowest BCUT2D eigenvalue weighted by molar-refractivity contribution is -0.131. The van der Waals surface area contributed by atoms with Gasteiger partial charge >= 0.3 is 0 Å². The van der Waals surface area contributed by atoms with E-state index in [2.05, 4.69) is 57.9 Å². The molecule has 0 atom stereocenters. The summed E-state index contributed by atoms with van der Waals surface area (Å²) < 4.78 is 0. The normalized spacial score (nSPS) is 16.2. The number of carbonyl (C=O) groups is 1. The van der Waals surface area contributed by atoms with Gasteiger partial charge in [-0.1, -0.05) is 80.8 Å². The first kappa shape index (κ1) is 26.1. The molecule has 8 heteroatoms. The number of aliphatic hydroxyl groups excluding tert-OH is 1. The van der Waals surface area contributed by atoms with Crippen molar-refractivity contribution in [2.24, 2.45) is 4.99 Å². The molecule has 8 nitrogen and oxygen atoms in total. The van der Waals surface area contributed by atoms with Gasteiger partial charge in [0, 0.05) is 12.0 Å². The average molecular weight is 535 g/mol. The molecule has 4 aromatic rings. The number of aromatic nitrogens is 4. The molecule has 1 aliphatic carbocycles. The molecule has 0 radical (unpaired) electrons. The standard InChI is InChI=1S/C32H34N6O2/c1-2-3-6-29-33-32(17-4-5-18-32)31(40)38(29)20-22-7-13-25(14-8-22)28-19-26(24-11-9-23(21-39)10-12-24)15-16-27(28)30-34-36-37-35-30/h7-16,19,39H,2-6,17-18,20-21H2,1H3,(H,34,35,36,37). The van der Waals surface area contributed by atoms with Crippen LogP contribution in [0.4, 0.5) is 0 Å². The van der Waals surface area contributed by atoms with Gasteiger partial charge in [-0.25, -0.2) is 0 Å². The van der Waals surface area contributed by atoms with Crippen molar-refractivity contribution in [1.29, 1.82) is 0 Å². The Hall–Kier alpha value is -4.17. The van der Waals surface area contributed by atoms with Gasteiger partial charge in [0.05, 0.1) is 13.2 Å². The first-order chi connectivity index (χ1) is 19.6. The zero-order valence-corrected chi connectivity index (χ0v) is 22.8. The van der Waals surface area contributed by atoms with E-state index < -0.39 is 5.54 Å². The van der Waals surface area contributed by atoms with E-state index in [0.717, 1.165) is 89.7 Å². The smallest absolute Gasteiger partial charge is 0.256 e. The molecule has 2 aliphatic rings. The van der Waals surface area contributed by atoms with Gasteiger partial charge in [-0.3, -0.25) is 14.7 Å². The van der Waals surface area contributed by atoms with E-state index in [1.54, 1.807) is 0 Å². The minimum atomic E-state index is -0.516. The molecule has 1 fully saturated rings. The van der Waals surface area contributed by atoms with E-state index in [4.69, 9.17) is 4.99 Å². The van der Waals surface area contributed by atoms with Crippen molar-refractivity contribution in [3.63, 3.8) is 0 Å². The number of aliphatic imine (C=N–C) groups is 1. The fourth-order valence-corrected chi connectivity index (χ4v) is 5.91. The van der Waals surface area contributed by atoms with Crippen LogP contribution < -0.4 is 0 Å². The molecule has 1 aliphatic heterocycles. The molecule has 1 saturated carbocycles. The van der Waals surface area contributed by atoms with Crippen molar-refractivity contribution in [3.8, 4) is 33.6 Å². The molecular formula is C32H34N6O2. The van der Waals surface area contributed by atoms with Crippen molar-refractivity contribution in [3.05, 3.63) is 77.9 Å². The molecule has 1 spiro atoms. The van der Waals surface area contributed by atoms with E-state index in [-0.39, 0.29) is 12.5 Å². The summed E-state index contributed by atoms with van der Waals surface area (Å²) in [5.41, 5.74) is 6.44. The molecule has 0 bridgehead atoms. The molecule has 2 heterocycles. The summed E-state index contributed by atoms with van der Waals surface area (Å²) in [7, 11) is 0. The molecule has 0 saturated heterocycles. The van der Waals surface area contributed by atoms with Crippen LogP contribution in [0, 0.1) is 0 Å². The van der Waals surface area contributed by atoms with Gasteiger partial charge in [-0.15, -0.1) is 10.2 Å². The van der Waals surface area contributed by atoms with Gasteiger partial charge in [0.1, 0.15) is 11.4 Å². The minimum Gasteiger partial charge on any atom is -0.392 e. The maximum Gasteiger partial charge on any atom is 0.256 e. The van der Waals surface area contributed by atoms with Crippen LogP contribution in [0.15, 0.2) is 71.7 Å². The molecular weight excluding hydrogens is 500 g/mol. The van der Waals surface area contributed by atoms with Crippen LogP contribution in [0.25, 0.3) is 33.6 Å². The molecule has 6 rings (SSSR count). The van der Waals surface area contributed by atoms with Crippen molar-refractivity contribution in [2.75, 3.05) is 0 Å². The molecule has 2 N–H and O–H groups in total. The first-order valence-electron chi connectivity index (χ1n) is 14.2. The number of nitrogens with zero attached hydrogens (tertiary/aromatic N) is 5.